The number of rotatable bonds is 9. The van der Waals surface area contributed by atoms with Crippen molar-refractivity contribution in [3.8, 4) is 5.75 Å². The van der Waals surface area contributed by atoms with E-state index >= 15 is 0 Å². The second-order valence-corrected chi connectivity index (χ2v) is 5.70. The van der Waals surface area contributed by atoms with Crippen LogP contribution in [0.25, 0.3) is 0 Å². The highest BCUT2D eigenvalue weighted by molar-refractivity contribution is 5.38. The summed E-state index contributed by atoms with van der Waals surface area (Å²) in [7, 11) is 4.21. The molecule has 0 bridgehead atoms. The Balaban J connectivity index is 2.99. The maximum absolute atomic E-state index is 5.81. The molecule has 0 aromatic heterocycles. The highest BCUT2D eigenvalue weighted by Crippen LogP contribution is 2.25. The second kappa shape index (κ2) is 9.06. The Hall–Kier alpha value is -1.06. The van der Waals surface area contributed by atoms with E-state index in [9.17, 15) is 0 Å². The Bertz CT molecular complexity index is 416. The normalized spacial score (nSPS) is 13.0. The molecule has 1 atom stereocenters. The highest BCUT2D eigenvalue weighted by atomic mass is 16.5. The molecular formula is C18H32N2O. The van der Waals surface area contributed by atoms with Crippen LogP contribution in [0.4, 0.5) is 0 Å². The first-order chi connectivity index (χ1) is 10.1. The lowest BCUT2D eigenvalue weighted by Crippen LogP contribution is -2.30. The van der Waals surface area contributed by atoms with E-state index in [1.54, 1.807) is 0 Å². The van der Waals surface area contributed by atoms with Crippen molar-refractivity contribution in [3.05, 3.63) is 29.3 Å². The van der Waals surface area contributed by atoms with Gasteiger partial charge in [-0.05, 0) is 58.5 Å². The SMILES string of the molecule is CCOc1ccc(C(C)NC)cc1CN(C)C(CC)CC. The van der Waals surface area contributed by atoms with Crippen LogP contribution in [0.5, 0.6) is 5.75 Å². The van der Waals surface area contributed by atoms with Gasteiger partial charge in [-0.2, -0.15) is 0 Å². The molecule has 1 aromatic carbocycles. The maximum Gasteiger partial charge on any atom is 0.123 e. The zero-order valence-corrected chi connectivity index (χ0v) is 14.6. The third-order valence-electron chi connectivity index (χ3n) is 4.30. The van der Waals surface area contributed by atoms with Crippen LogP contribution >= 0.6 is 0 Å². The van der Waals surface area contributed by atoms with Crippen molar-refractivity contribution in [2.45, 2.75) is 59.2 Å². The molecule has 0 aliphatic heterocycles. The molecule has 1 rings (SSSR count). The standard InChI is InChI=1S/C18H32N2O/c1-7-17(8-2)20(6)13-16-12-15(14(4)19-5)10-11-18(16)21-9-3/h10-12,14,17,19H,7-9,13H2,1-6H3. The fourth-order valence-corrected chi connectivity index (χ4v) is 2.77. The molecule has 1 N–H and O–H groups in total. The van der Waals surface area contributed by atoms with Gasteiger partial charge in [0.25, 0.3) is 0 Å². The van der Waals surface area contributed by atoms with Gasteiger partial charge in [0.1, 0.15) is 5.75 Å². The van der Waals surface area contributed by atoms with Gasteiger partial charge in [0, 0.05) is 24.2 Å². The van der Waals surface area contributed by atoms with Crippen molar-refractivity contribution in [2.24, 2.45) is 0 Å². The Kier molecular flexibility index (Phi) is 7.76. The Labute approximate surface area is 130 Å². The molecule has 0 heterocycles. The summed E-state index contributed by atoms with van der Waals surface area (Å²) in [6, 6.07) is 7.54. The van der Waals surface area contributed by atoms with E-state index in [4.69, 9.17) is 4.74 Å². The van der Waals surface area contributed by atoms with Crippen LogP contribution in [0.3, 0.4) is 0 Å². The summed E-state index contributed by atoms with van der Waals surface area (Å²) in [6.07, 6.45) is 2.37. The van der Waals surface area contributed by atoms with Crippen LogP contribution in [0, 0.1) is 0 Å². The molecule has 120 valence electrons. The zero-order valence-electron chi connectivity index (χ0n) is 14.6. The zero-order chi connectivity index (χ0) is 15.8. The molecule has 0 radical (unpaired) electrons. The quantitative estimate of drug-likeness (QED) is 0.745. The largest absolute Gasteiger partial charge is 0.494 e. The number of hydrogen-bond acceptors (Lipinski definition) is 3. The minimum Gasteiger partial charge on any atom is -0.494 e. The van der Waals surface area contributed by atoms with Gasteiger partial charge in [0.15, 0.2) is 0 Å². The van der Waals surface area contributed by atoms with Crippen LogP contribution < -0.4 is 10.1 Å². The summed E-state index contributed by atoms with van der Waals surface area (Å²) >= 11 is 0. The van der Waals surface area contributed by atoms with E-state index in [0.717, 1.165) is 12.3 Å². The molecule has 3 heteroatoms. The average molecular weight is 292 g/mol. The predicted octanol–water partition coefficient (Wildman–Crippen LogP) is 3.99. The first-order valence-electron chi connectivity index (χ1n) is 8.20. The first kappa shape index (κ1) is 18.0. The van der Waals surface area contributed by atoms with Crippen molar-refractivity contribution in [1.29, 1.82) is 0 Å². The molecule has 0 saturated carbocycles. The van der Waals surface area contributed by atoms with E-state index in [0.29, 0.717) is 18.7 Å². The summed E-state index contributed by atoms with van der Waals surface area (Å²) in [4.78, 5) is 2.44. The first-order valence-corrected chi connectivity index (χ1v) is 8.20. The Morgan fingerprint density at radius 2 is 1.86 bits per heavy atom. The summed E-state index contributed by atoms with van der Waals surface area (Å²) in [5.41, 5.74) is 2.60. The van der Waals surface area contributed by atoms with Gasteiger partial charge in [0.05, 0.1) is 6.61 Å². The summed E-state index contributed by atoms with van der Waals surface area (Å²) in [5, 5.41) is 3.30. The monoisotopic (exact) mass is 292 g/mol. The van der Waals surface area contributed by atoms with Gasteiger partial charge in [-0.15, -0.1) is 0 Å². The van der Waals surface area contributed by atoms with Gasteiger partial charge in [-0.25, -0.2) is 0 Å². The molecule has 1 unspecified atom stereocenters. The van der Waals surface area contributed by atoms with E-state index in [2.05, 4.69) is 56.2 Å². The van der Waals surface area contributed by atoms with E-state index in [-0.39, 0.29) is 0 Å². The molecule has 0 amide bonds. The van der Waals surface area contributed by atoms with Crippen molar-refractivity contribution in [2.75, 3.05) is 20.7 Å². The fraction of sp³-hybridized carbons (Fsp3) is 0.667. The smallest absolute Gasteiger partial charge is 0.123 e. The number of nitrogens with zero attached hydrogens (tertiary/aromatic N) is 1. The predicted molar refractivity (Wildman–Crippen MR) is 90.9 cm³/mol. The van der Waals surface area contributed by atoms with Crippen LogP contribution in [0.1, 0.15) is 57.7 Å². The minimum atomic E-state index is 0.359. The summed E-state index contributed by atoms with van der Waals surface area (Å²) in [6.45, 7) is 10.4. The van der Waals surface area contributed by atoms with Gasteiger partial charge in [0.2, 0.25) is 0 Å². The third-order valence-corrected chi connectivity index (χ3v) is 4.30. The Morgan fingerprint density at radius 1 is 1.19 bits per heavy atom. The highest BCUT2D eigenvalue weighted by Gasteiger charge is 2.15. The van der Waals surface area contributed by atoms with E-state index < -0.39 is 0 Å². The van der Waals surface area contributed by atoms with Gasteiger partial charge < -0.3 is 10.1 Å². The number of benzene rings is 1. The number of ether oxygens (including phenoxy) is 1. The number of nitrogens with one attached hydrogen (secondary N) is 1. The lowest BCUT2D eigenvalue weighted by molar-refractivity contribution is 0.217. The Morgan fingerprint density at radius 3 is 2.38 bits per heavy atom. The van der Waals surface area contributed by atoms with E-state index in [1.165, 1.54) is 24.0 Å². The molecule has 21 heavy (non-hydrogen) atoms. The maximum atomic E-state index is 5.81. The van der Waals surface area contributed by atoms with E-state index in [1.807, 2.05) is 14.0 Å². The third kappa shape index (κ3) is 5.01. The number of hydrogen-bond donors (Lipinski definition) is 1. The molecule has 0 aliphatic carbocycles. The molecular weight excluding hydrogens is 260 g/mol. The van der Waals surface area contributed by atoms with Gasteiger partial charge >= 0.3 is 0 Å². The fourth-order valence-electron chi connectivity index (χ4n) is 2.77. The molecule has 0 spiro atoms. The lowest BCUT2D eigenvalue weighted by atomic mass is 10.0. The van der Waals surface area contributed by atoms with Crippen molar-refractivity contribution in [3.63, 3.8) is 0 Å². The average Bonchev–Trinajstić information content (AvgIpc) is 2.49. The van der Waals surface area contributed by atoms with Crippen LogP contribution in [-0.2, 0) is 6.54 Å². The molecule has 0 aliphatic rings. The van der Waals surface area contributed by atoms with Gasteiger partial charge in [-0.1, -0.05) is 19.9 Å². The van der Waals surface area contributed by atoms with Crippen LogP contribution in [0.2, 0.25) is 0 Å². The topological polar surface area (TPSA) is 24.5 Å². The van der Waals surface area contributed by atoms with Crippen molar-refractivity contribution >= 4 is 0 Å². The van der Waals surface area contributed by atoms with Crippen molar-refractivity contribution < 1.29 is 4.74 Å². The summed E-state index contributed by atoms with van der Waals surface area (Å²) < 4.78 is 5.81. The van der Waals surface area contributed by atoms with Crippen LogP contribution in [0.15, 0.2) is 18.2 Å². The molecule has 3 nitrogen and oxygen atoms in total. The second-order valence-electron chi connectivity index (χ2n) is 5.70. The molecule has 0 saturated heterocycles. The molecule has 1 aromatic rings. The van der Waals surface area contributed by atoms with Gasteiger partial charge in [-0.3, -0.25) is 4.90 Å². The molecule has 0 fully saturated rings. The van der Waals surface area contributed by atoms with Crippen molar-refractivity contribution in [1.82, 2.24) is 10.2 Å². The lowest BCUT2D eigenvalue weighted by Gasteiger charge is -2.27. The summed E-state index contributed by atoms with van der Waals surface area (Å²) in [5.74, 6) is 1.02. The minimum absolute atomic E-state index is 0.359. The van der Waals surface area contributed by atoms with Crippen LogP contribution in [-0.4, -0.2) is 31.6 Å².